The molecule has 3 rings (SSSR count). The molecule has 2 fully saturated rings. The standard InChI is InChI=1S/C13H16N2O3S2/c1-2-18-11-6-4-3-5-9(11)15-10-7-20(16,17)8-12(10)19-13(15)14/h3-6,10,12,14H,2,7-8H2,1H3/t10-,12+/m1/s1. The highest BCUT2D eigenvalue weighted by Gasteiger charge is 2.49. The molecule has 0 aromatic heterocycles. The Morgan fingerprint density at radius 1 is 1.40 bits per heavy atom. The van der Waals surface area contributed by atoms with Crippen LogP contribution in [0.5, 0.6) is 5.75 Å². The summed E-state index contributed by atoms with van der Waals surface area (Å²) in [7, 11) is -2.99. The Hall–Kier alpha value is -1.21. The summed E-state index contributed by atoms with van der Waals surface area (Å²) in [4.78, 5) is 1.81. The minimum absolute atomic E-state index is 0.0396. The fourth-order valence-corrected chi connectivity index (χ4v) is 6.51. The van der Waals surface area contributed by atoms with E-state index in [4.69, 9.17) is 10.1 Å². The molecule has 2 aliphatic heterocycles. The van der Waals surface area contributed by atoms with E-state index in [9.17, 15) is 8.42 Å². The van der Waals surface area contributed by atoms with Gasteiger partial charge in [-0.1, -0.05) is 23.9 Å². The minimum Gasteiger partial charge on any atom is -0.492 e. The van der Waals surface area contributed by atoms with Crippen molar-refractivity contribution in [3.63, 3.8) is 0 Å². The van der Waals surface area contributed by atoms with E-state index in [0.29, 0.717) is 17.5 Å². The van der Waals surface area contributed by atoms with Gasteiger partial charge in [-0.2, -0.15) is 0 Å². The number of rotatable bonds is 3. The predicted molar refractivity (Wildman–Crippen MR) is 81.6 cm³/mol. The number of hydrogen-bond donors (Lipinski definition) is 1. The zero-order valence-corrected chi connectivity index (χ0v) is 12.7. The van der Waals surface area contributed by atoms with Crippen molar-refractivity contribution >= 4 is 32.5 Å². The van der Waals surface area contributed by atoms with Crippen LogP contribution in [0, 0.1) is 5.41 Å². The highest BCUT2D eigenvalue weighted by molar-refractivity contribution is 8.15. The van der Waals surface area contributed by atoms with Gasteiger partial charge in [-0.3, -0.25) is 5.41 Å². The summed E-state index contributed by atoms with van der Waals surface area (Å²) < 4.78 is 29.2. The van der Waals surface area contributed by atoms with Gasteiger partial charge < -0.3 is 9.64 Å². The Kier molecular flexibility index (Phi) is 3.41. The molecular formula is C13H16N2O3S2. The number of fused-ring (bicyclic) bond motifs is 1. The lowest BCUT2D eigenvalue weighted by molar-refractivity contribution is 0.340. The van der Waals surface area contributed by atoms with Gasteiger partial charge in [0.05, 0.1) is 29.8 Å². The maximum atomic E-state index is 11.8. The Morgan fingerprint density at radius 3 is 2.90 bits per heavy atom. The number of nitrogens with one attached hydrogen (secondary N) is 1. The van der Waals surface area contributed by atoms with Crippen molar-refractivity contribution in [2.24, 2.45) is 0 Å². The highest BCUT2D eigenvalue weighted by atomic mass is 32.2. The third kappa shape index (κ3) is 2.29. The molecule has 2 atom stereocenters. The normalized spacial score (nSPS) is 27.6. The first-order valence-electron chi connectivity index (χ1n) is 6.48. The van der Waals surface area contributed by atoms with Crippen molar-refractivity contribution in [2.45, 2.75) is 18.2 Å². The highest BCUT2D eigenvalue weighted by Crippen LogP contribution is 2.43. The van der Waals surface area contributed by atoms with Crippen molar-refractivity contribution in [3.05, 3.63) is 24.3 Å². The fraction of sp³-hybridized carbons (Fsp3) is 0.462. The smallest absolute Gasteiger partial charge is 0.161 e. The van der Waals surface area contributed by atoms with Crippen LogP contribution in [0.4, 0.5) is 5.69 Å². The van der Waals surface area contributed by atoms with Gasteiger partial charge in [0.1, 0.15) is 5.75 Å². The van der Waals surface area contributed by atoms with Crippen LogP contribution in [0.1, 0.15) is 6.92 Å². The summed E-state index contributed by atoms with van der Waals surface area (Å²) in [6.07, 6.45) is 0. The molecule has 5 nitrogen and oxygen atoms in total. The lowest BCUT2D eigenvalue weighted by Crippen LogP contribution is -2.37. The summed E-state index contributed by atoms with van der Waals surface area (Å²) >= 11 is 1.34. The zero-order chi connectivity index (χ0) is 14.3. The van der Waals surface area contributed by atoms with E-state index in [1.54, 1.807) is 0 Å². The molecule has 2 heterocycles. The van der Waals surface area contributed by atoms with Crippen molar-refractivity contribution in [1.29, 1.82) is 5.41 Å². The number of para-hydroxylation sites is 2. The molecule has 2 saturated heterocycles. The molecule has 0 aliphatic carbocycles. The van der Waals surface area contributed by atoms with E-state index in [1.807, 2.05) is 36.1 Å². The van der Waals surface area contributed by atoms with Crippen molar-refractivity contribution < 1.29 is 13.2 Å². The van der Waals surface area contributed by atoms with Crippen LogP contribution in [-0.2, 0) is 9.84 Å². The lowest BCUT2D eigenvalue weighted by atomic mass is 10.2. The molecule has 1 aromatic carbocycles. The van der Waals surface area contributed by atoms with Gasteiger partial charge in [0.15, 0.2) is 15.0 Å². The van der Waals surface area contributed by atoms with E-state index in [2.05, 4.69) is 0 Å². The molecule has 1 N–H and O–H groups in total. The fourth-order valence-electron chi connectivity index (χ4n) is 2.72. The van der Waals surface area contributed by atoms with Gasteiger partial charge in [0.2, 0.25) is 0 Å². The summed E-state index contributed by atoms with van der Waals surface area (Å²) in [5.41, 5.74) is 0.788. The molecule has 20 heavy (non-hydrogen) atoms. The molecule has 0 unspecified atom stereocenters. The largest absolute Gasteiger partial charge is 0.492 e. The van der Waals surface area contributed by atoms with Crippen LogP contribution in [0.25, 0.3) is 0 Å². The first-order valence-corrected chi connectivity index (χ1v) is 9.18. The van der Waals surface area contributed by atoms with Crippen LogP contribution in [-0.4, -0.2) is 43.0 Å². The van der Waals surface area contributed by atoms with E-state index in [1.165, 1.54) is 11.8 Å². The van der Waals surface area contributed by atoms with Gasteiger partial charge in [0.25, 0.3) is 0 Å². The zero-order valence-electron chi connectivity index (χ0n) is 11.1. The first-order chi connectivity index (χ1) is 9.52. The molecule has 0 saturated carbocycles. The van der Waals surface area contributed by atoms with Crippen LogP contribution < -0.4 is 9.64 Å². The minimum atomic E-state index is -2.99. The van der Waals surface area contributed by atoms with Crippen LogP contribution in [0.2, 0.25) is 0 Å². The second-order valence-electron chi connectivity index (χ2n) is 4.88. The van der Waals surface area contributed by atoms with Gasteiger partial charge in [-0.15, -0.1) is 0 Å². The predicted octanol–water partition coefficient (Wildman–Crippen LogP) is 1.74. The van der Waals surface area contributed by atoms with E-state index in [0.717, 1.165) is 5.69 Å². The molecule has 108 valence electrons. The Labute approximate surface area is 122 Å². The van der Waals surface area contributed by atoms with Crippen LogP contribution in [0.3, 0.4) is 0 Å². The molecule has 0 bridgehead atoms. The lowest BCUT2D eigenvalue weighted by Gasteiger charge is -2.25. The Balaban J connectivity index is 1.99. The number of nitrogens with zero attached hydrogens (tertiary/aromatic N) is 1. The number of thioether (sulfide) groups is 1. The van der Waals surface area contributed by atoms with Crippen LogP contribution in [0.15, 0.2) is 24.3 Å². The number of ether oxygens (including phenoxy) is 1. The van der Waals surface area contributed by atoms with Gasteiger partial charge in [0, 0.05) is 5.25 Å². The monoisotopic (exact) mass is 312 g/mol. The molecule has 7 heteroatoms. The first kappa shape index (κ1) is 13.8. The van der Waals surface area contributed by atoms with E-state index >= 15 is 0 Å². The van der Waals surface area contributed by atoms with Gasteiger partial charge in [-0.05, 0) is 19.1 Å². The quantitative estimate of drug-likeness (QED) is 0.920. The summed E-state index contributed by atoms with van der Waals surface area (Å²) in [5, 5.41) is 8.50. The molecule has 2 aliphatic rings. The van der Waals surface area contributed by atoms with Gasteiger partial charge >= 0.3 is 0 Å². The summed E-state index contributed by atoms with van der Waals surface area (Å²) in [5.74, 6) is 0.983. The number of hydrogen-bond acceptors (Lipinski definition) is 5. The number of sulfone groups is 1. The van der Waals surface area contributed by atoms with Crippen LogP contribution >= 0.6 is 11.8 Å². The molecular weight excluding hydrogens is 296 g/mol. The third-order valence-corrected chi connectivity index (χ3v) is 6.64. The number of amidine groups is 1. The molecule has 0 amide bonds. The maximum Gasteiger partial charge on any atom is 0.161 e. The molecule has 1 aromatic rings. The number of benzene rings is 1. The Morgan fingerprint density at radius 2 is 2.15 bits per heavy atom. The van der Waals surface area contributed by atoms with Crippen molar-refractivity contribution in [3.8, 4) is 5.75 Å². The SMILES string of the molecule is CCOc1ccccc1N1C(=N)S[C@H]2CS(=O)(=O)C[C@H]21. The summed E-state index contributed by atoms with van der Waals surface area (Å²) in [6, 6.07) is 7.34. The third-order valence-electron chi connectivity index (χ3n) is 3.51. The number of anilines is 1. The van der Waals surface area contributed by atoms with Gasteiger partial charge in [-0.25, -0.2) is 8.42 Å². The maximum absolute atomic E-state index is 11.8. The second kappa shape index (κ2) is 4.96. The van der Waals surface area contributed by atoms with Crippen molar-refractivity contribution in [1.82, 2.24) is 0 Å². The van der Waals surface area contributed by atoms with Crippen molar-refractivity contribution in [2.75, 3.05) is 23.0 Å². The van der Waals surface area contributed by atoms with E-state index < -0.39 is 9.84 Å². The average molecular weight is 312 g/mol. The summed E-state index contributed by atoms with van der Waals surface area (Å²) in [6.45, 7) is 2.45. The second-order valence-corrected chi connectivity index (χ2v) is 8.26. The molecule has 0 spiro atoms. The molecule has 0 radical (unpaired) electrons. The van der Waals surface area contributed by atoms with E-state index in [-0.39, 0.29) is 22.8 Å². The average Bonchev–Trinajstić information content (AvgIpc) is 2.81. The Bertz CT molecular complexity index is 645. The topological polar surface area (TPSA) is 70.5 Å².